The van der Waals surface area contributed by atoms with Crippen molar-refractivity contribution in [2.24, 2.45) is 0 Å². The number of rotatable bonds is 8. The Labute approximate surface area is 282 Å². The molecule has 1 atom stereocenters. The van der Waals surface area contributed by atoms with E-state index >= 15 is 0 Å². The lowest BCUT2D eigenvalue weighted by molar-refractivity contribution is -0.136. The van der Waals surface area contributed by atoms with E-state index in [1.54, 1.807) is 16.0 Å². The summed E-state index contributed by atoms with van der Waals surface area (Å²) in [6, 6.07) is 20.8. The van der Waals surface area contributed by atoms with Gasteiger partial charge in [-0.15, -0.1) is 0 Å². The van der Waals surface area contributed by atoms with Crippen molar-refractivity contribution >= 4 is 17.9 Å². The number of ether oxygens (including phenoxy) is 1. The van der Waals surface area contributed by atoms with Gasteiger partial charge in [-0.25, -0.2) is 4.79 Å². The largest absolute Gasteiger partial charge is 0.444 e. The second-order valence-electron chi connectivity index (χ2n) is 14.1. The molecule has 10 heteroatoms. The van der Waals surface area contributed by atoms with Crippen LogP contribution in [0.1, 0.15) is 75.2 Å². The molecule has 0 saturated carbocycles. The van der Waals surface area contributed by atoms with Crippen molar-refractivity contribution in [1.29, 1.82) is 0 Å². The first kappa shape index (κ1) is 34.9. The fraction of sp³-hybridized carbons (Fsp3) is 0.474. The molecule has 5 rings (SSSR count). The summed E-state index contributed by atoms with van der Waals surface area (Å²) in [6.45, 7) is 10.0. The smallest absolute Gasteiger partial charge is 0.410 e. The van der Waals surface area contributed by atoms with Crippen LogP contribution < -0.4 is 5.56 Å². The van der Waals surface area contributed by atoms with E-state index in [1.807, 2.05) is 86.3 Å². The Balaban J connectivity index is 1.25. The molecule has 3 aromatic rings. The van der Waals surface area contributed by atoms with Gasteiger partial charge in [0.05, 0.1) is 11.2 Å². The van der Waals surface area contributed by atoms with Crippen LogP contribution in [-0.2, 0) is 16.1 Å². The maximum Gasteiger partial charge on any atom is 0.410 e. The highest BCUT2D eigenvalue weighted by molar-refractivity contribution is 6.00. The SMILES string of the molecule is C[C@H](CC(=O)N1CCC(O)(CCn2cc(C(=O)N3CCN(C(=O)OC(C)(C)C)CC3)c(-c3ccccc3)cc2=O)CC1)c1ccccc1. The van der Waals surface area contributed by atoms with Crippen LogP contribution in [-0.4, -0.2) is 92.8 Å². The van der Waals surface area contributed by atoms with Crippen LogP contribution in [0.25, 0.3) is 11.1 Å². The summed E-state index contributed by atoms with van der Waals surface area (Å²) < 4.78 is 7.01. The Hall–Kier alpha value is -4.44. The molecule has 2 aliphatic heterocycles. The molecule has 0 radical (unpaired) electrons. The maximum absolute atomic E-state index is 14.0. The van der Waals surface area contributed by atoms with E-state index in [0.717, 1.165) is 11.1 Å². The number of benzene rings is 2. The number of hydrogen-bond acceptors (Lipinski definition) is 6. The minimum absolute atomic E-state index is 0.0798. The zero-order valence-electron chi connectivity index (χ0n) is 28.6. The topological polar surface area (TPSA) is 112 Å². The Morgan fingerprint density at radius 1 is 0.854 bits per heavy atom. The molecule has 1 aromatic heterocycles. The highest BCUT2D eigenvalue weighted by Gasteiger charge is 2.35. The second kappa shape index (κ2) is 14.8. The number of likely N-dealkylation sites (tertiary alicyclic amines) is 1. The summed E-state index contributed by atoms with van der Waals surface area (Å²) >= 11 is 0. The van der Waals surface area contributed by atoms with E-state index in [2.05, 4.69) is 6.92 Å². The lowest BCUT2D eigenvalue weighted by Crippen LogP contribution is -2.51. The minimum atomic E-state index is -1.03. The van der Waals surface area contributed by atoms with Crippen molar-refractivity contribution in [3.05, 3.63) is 94.4 Å². The molecule has 0 unspecified atom stereocenters. The molecule has 2 fully saturated rings. The maximum atomic E-state index is 14.0. The van der Waals surface area contributed by atoms with Gasteiger partial charge in [-0.3, -0.25) is 14.4 Å². The molecule has 10 nitrogen and oxygen atoms in total. The van der Waals surface area contributed by atoms with Gasteiger partial charge >= 0.3 is 6.09 Å². The standard InChI is InChI=1S/C38H48N4O6/c1-28(29-11-7-5-8-12-29)25-33(43)39-18-15-38(47,16-19-39)17-20-42-27-32(31(26-34(42)44)30-13-9-6-10-14-30)35(45)40-21-23-41(24-22-40)36(46)48-37(2,3)4/h5-14,26-28,47H,15-25H2,1-4H3/t28-/m1/s1. The number of aromatic nitrogens is 1. The predicted octanol–water partition coefficient (Wildman–Crippen LogP) is 5.15. The molecule has 2 aliphatic rings. The third-order valence-electron chi connectivity index (χ3n) is 9.37. The zero-order valence-corrected chi connectivity index (χ0v) is 28.6. The molecule has 2 saturated heterocycles. The Bertz CT molecular complexity index is 1630. The molecule has 0 aliphatic carbocycles. The first-order chi connectivity index (χ1) is 22.8. The number of piperazine rings is 1. The van der Waals surface area contributed by atoms with E-state index in [1.165, 1.54) is 10.6 Å². The van der Waals surface area contributed by atoms with Gasteiger partial charge in [-0.2, -0.15) is 0 Å². The number of aryl methyl sites for hydroxylation is 1. The fourth-order valence-electron chi connectivity index (χ4n) is 6.41. The van der Waals surface area contributed by atoms with Gasteiger partial charge in [-0.1, -0.05) is 67.6 Å². The molecule has 48 heavy (non-hydrogen) atoms. The van der Waals surface area contributed by atoms with Gasteiger partial charge < -0.3 is 29.1 Å². The van der Waals surface area contributed by atoms with Gasteiger partial charge in [0.1, 0.15) is 5.60 Å². The highest BCUT2D eigenvalue weighted by Crippen LogP contribution is 2.29. The quantitative estimate of drug-likeness (QED) is 0.359. The molecule has 2 aromatic carbocycles. The molecular weight excluding hydrogens is 608 g/mol. The summed E-state index contributed by atoms with van der Waals surface area (Å²) in [7, 11) is 0. The zero-order chi connectivity index (χ0) is 34.5. The first-order valence-corrected chi connectivity index (χ1v) is 16.9. The van der Waals surface area contributed by atoms with Crippen LogP contribution in [0.2, 0.25) is 0 Å². The number of nitrogens with zero attached hydrogens (tertiary/aromatic N) is 4. The third kappa shape index (κ3) is 8.72. The van der Waals surface area contributed by atoms with Crippen LogP contribution in [0.15, 0.2) is 77.7 Å². The Morgan fingerprint density at radius 2 is 1.44 bits per heavy atom. The first-order valence-electron chi connectivity index (χ1n) is 16.9. The predicted molar refractivity (Wildman–Crippen MR) is 185 cm³/mol. The minimum Gasteiger partial charge on any atom is -0.444 e. The van der Waals surface area contributed by atoms with Crippen molar-refractivity contribution in [3.63, 3.8) is 0 Å². The average molecular weight is 657 g/mol. The number of carbonyl (C=O) groups is 3. The Morgan fingerprint density at radius 3 is 2.04 bits per heavy atom. The monoisotopic (exact) mass is 656 g/mol. The van der Waals surface area contributed by atoms with Gasteiger partial charge in [-0.05, 0) is 57.1 Å². The molecule has 3 heterocycles. The Kier molecular flexibility index (Phi) is 10.7. The number of hydrogen-bond donors (Lipinski definition) is 1. The molecule has 0 spiro atoms. The summed E-state index contributed by atoms with van der Waals surface area (Å²) in [4.78, 5) is 58.1. The van der Waals surface area contributed by atoms with Gasteiger partial charge in [0.25, 0.3) is 11.5 Å². The van der Waals surface area contributed by atoms with Gasteiger partial charge in [0.2, 0.25) is 5.91 Å². The lowest BCUT2D eigenvalue weighted by Gasteiger charge is -2.39. The van der Waals surface area contributed by atoms with E-state index in [9.17, 15) is 24.3 Å². The molecule has 0 bridgehead atoms. The van der Waals surface area contributed by atoms with Crippen molar-refractivity contribution in [2.75, 3.05) is 39.3 Å². The number of carbonyl (C=O) groups excluding carboxylic acids is 3. The summed E-state index contributed by atoms with van der Waals surface area (Å²) in [5.41, 5.74) is 0.940. The van der Waals surface area contributed by atoms with Crippen molar-refractivity contribution in [2.45, 2.75) is 77.0 Å². The van der Waals surface area contributed by atoms with Gasteiger partial charge in [0.15, 0.2) is 0 Å². The number of pyridine rings is 1. The third-order valence-corrected chi connectivity index (χ3v) is 9.37. The van der Waals surface area contributed by atoms with Crippen LogP contribution in [0, 0.1) is 0 Å². The van der Waals surface area contributed by atoms with Crippen LogP contribution in [0.5, 0.6) is 0 Å². The fourth-order valence-corrected chi connectivity index (χ4v) is 6.41. The van der Waals surface area contributed by atoms with Crippen LogP contribution in [0.3, 0.4) is 0 Å². The normalized spacial score (nSPS) is 17.1. The molecule has 1 N–H and O–H groups in total. The number of piperidine rings is 1. The van der Waals surface area contributed by atoms with Crippen molar-refractivity contribution < 1.29 is 24.2 Å². The van der Waals surface area contributed by atoms with Gasteiger partial charge in [0, 0.05) is 70.1 Å². The lowest BCUT2D eigenvalue weighted by atomic mass is 9.87. The summed E-state index contributed by atoms with van der Waals surface area (Å²) in [6.07, 6.45) is 2.79. The number of aliphatic hydroxyl groups is 1. The highest BCUT2D eigenvalue weighted by atomic mass is 16.6. The molecular formula is C38H48N4O6. The van der Waals surface area contributed by atoms with Crippen LogP contribution in [0.4, 0.5) is 4.79 Å². The van der Waals surface area contributed by atoms with E-state index in [4.69, 9.17) is 4.74 Å². The number of amides is 3. The molecule has 3 amide bonds. The van der Waals surface area contributed by atoms with E-state index < -0.39 is 17.3 Å². The second-order valence-corrected chi connectivity index (χ2v) is 14.1. The van der Waals surface area contributed by atoms with E-state index in [0.29, 0.717) is 76.1 Å². The molecule has 256 valence electrons. The average Bonchev–Trinajstić information content (AvgIpc) is 3.07. The summed E-state index contributed by atoms with van der Waals surface area (Å²) in [5.74, 6) is -0.0334. The van der Waals surface area contributed by atoms with E-state index in [-0.39, 0.29) is 29.8 Å². The summed E-state index contributed by atoms with van der Waals surface area (Å²) in [5, 5.41) is 11.5. The van der Waals surface area contributed by atoms with Crippen LogP contribution >= 0.6 is 0 Å². The van der Waals surface area contributed by atoms with Crippen molar-refractivity contribution in [1.82, 2.24) is 19.3 Å². The van der Waals surface area contributed by atoms with Crippen molar-refractivity contribution in [3.8, 4) is 11.1 Å².